The van der Waals surface area contributed by atoms with Gasteiger partial charge in [-0.05, 0) is 60.7 Å². The topological polar surface area (TPSA) is 71.9 Å². The zero-order valence-electron chi connectivity index (χ0n) is 17.5. The molecule has 0 spiro atoms. The standard InChI is InChI=1S/C25H26N2O4/c1-30-23-11-10-22(14-24(23)31-17-18-5-2-6-18)27(16-19-7-4-12-26-15-19)21-9-3-8-20(13-21)25(28)29/h3-4,7-15,18H,2,5-6,16-17H2,1H3,(H,28,29). The summed E-state index contributed by atoms with van der Waals surface area (Å²) in [5, 5.41) is 9.45. The Balaban J connectivity index is 1.70. The maximum atomic E-state index is 11.5. The summed E-state index contributed by atoms with van der Waals surface area (Å²) in [7, 11) is 1.63. The van der Waals surface area contributed by atoms with Crippen LogP contribution in [-0.4, -0.2) is 29.8 Å². The molecule has 1 aliphatic rings. The molecule has 1 N–H and O–H groups in total. The Bertz CT molecular complexity index is 1030. The second kappa shape index (κ2) is 9.51. The van der Waals surface area contributed by atoms with Gasteiger partial charge in [0.2, 0.25) is 0 Å². The van der Waals surface area contributed by atoms with Crippen LogP contribution < -0.4 is 14.4 Å². The second-order valence-electron chi connectivity index (χ2n) is 7.75. The second-order valence-corrected chi connectivity index (χ2v) is 7.75. The van der Waals surface area contributed by atoms with Crippen LogP contribution in [0.3, 0.4) is 0 Å². The average Bonchev–Trinajstić information content (AvgIpc) is 2.77. The molecule has 4 rings (SSSR count). The van der Waals surface area contributed by atoms with Crippen LogP contribution in [-0.2, 0) is 6.54 Å². The number of pyridine rings is 1. The smallest absolute Gasteiger partial charge is 0.335 e. The lowest BCUT2D eigenvalue weighted by atomic mass is 9.86. The van der Waals surface area contributed by atoms with Crippen molar-refractivity contribution in [3.63, 3.8) is 0 Å². The molecule has 0 amide bonds. The molecule has 0 atom stereocenters. The van der Waals surface area contributed by atoms with Crippen LogP contribution in [0.1, 0.15) is 35.2 Å². The average molecular weight is 418 g/mol. The molecule has 0 bridgehead atoms. The Kier molecular flexibility index (Phi) is 6.36. The van der Waals surface area contributed by atoms with Crippen molar-refractivity contribution in [3.8, 4) is 11.5 Å². The van der Waals surface area contributed by atoms with Gasteiger partial charge in [0.15, 0.2) is 11.5 Å². The van der Waals surface area contributed by atoms with Crippen LogP contribution in [0.5, 0.6) is 11.5 Å². The lowest BCUT2D eigenvalue weighted by Crippen LogP contribution is -2.20. The predicted octanol–water partition coefficient (Wildman–Crippen LogP) is 5.31. The quantitative estimate of drug-likeness (QED) is 0.508. The fourth-order valence-corrected chi connectivity index (χ4v) is 3.63. The lowest BCUT2D eigenvalue weighted by Gasteiger charge is -2.28. The maximum Gasteiger partial charge on any atom is 0.335 e. The number of hydrogen-bond acceptors (Lipinski definition) is 5. The highest BCUT2D eigenvalue weighted by atomic mass is 16.5. The van der Waals surface area contributed by atoms with Crippen LogP contribution >= 0.6 is 0 Å². The van der Waals surface area contributed by atoms with Crippen molar-refractivity contribution < 1.29 is 19.4 Å². The first kappa shape index (κ1) is 20.7. The van der Waals surface area contributed by atoms with E-state index in [0.717, 1.165) is 16.9 Å². The summed E-state index contributed by atoms with van der Waals surface area (Å²) >= 11 is 0. The predicted molar refractivity (Wildman–Crippen MR) is 119 cm³/mol. The van der Waals surface area contributed by atoms with Crippen LogP contribution in [0.25, 0.3) is 0 Å². The molecule has 0 unspecified atom stereocenters. The summed E-state index contributed by atoms with van der Waals surface area (Å²) in [6.07, 6.45) is 7.22. The molecule has 3 aromatic rings. The minimum absolute atomic E-state index is 0.239. The van der Waals surface area contributed by atoms with Gasteiger partial charge in [-0.1, -0.05) is 18.6 Å². The number of aromatic nitrogens is 1. The van der Waals surface area contributed by atoms with Crippen LogP contribution in [0, 0.1) is 5.92 Å². The number of carboxylic acids is 1. The van der Waals surface area contributed by atoms with Crippen molar-refractivity contribution in [1.82, 2.24) is 4.98 Å². The van der Waals surface area contributed by atoms with Gasteiger partial charge in [0.25, 0.3) is 0 Å². The van der Waals surface area contributed by atoms with Gasteiger partial charge in [-0.15, -0.1) is 0 Å². The van der Waals surface area contributed by atoms with E-state index in [2.05, 4.69) is 9.88 Å². The monoisotopic (exact) mass is 418 g/mol. The molecule has 1 heterocycles. The van der Waals surface area contributed by atoms with E-state index in [4.69, 9.17) is 9.47 Å². The molecule has 2 aromatic carbocycles. The molecule has 6 nitrogen and oxygen atoms in total. The number of carbonyl (C=O) groups is 1. The molecule has 160 valence electrons. The van der Waals surface area contributed by atoms with Crippen LogP contribution in [0.4, 0.5) is 11.4 Å². The summed E-state index contributed by atoms with van der Waals surface area (Å²) in [6, 6.07) is 16.6. The Labute approximate surface area is 182 Å². The molecular formula is C25H26N2O4. The van der Waals surface area contributed by atoms with E-state index >= 15 is 0 Å². The number of benzene rings is 2. The third-order valence-electron chi connectivity index (χ3n) is 5.63. The number of carboxylic acid groups (broad SMARTS) is 1. The van der Waals surface area contributed by atoms with Gasteiger partial charge in [0, 0.05) is 36.4 Å². The number of ether oxygens (including phenoxy) is 2. The molecule has 6 heteroatoms. The van der Waals surface area contributed by atoms with Crippen molar-refractivity contribution in [2.24, 2.45) is 5.92 Å². The number of rotatable bonds is 9. The summed E-state index contributed by atoms with van der Waals surface area (Å²) in [4.78, 5) is 17.8. The lowest BCUT2D eigenvalue weighted by molar-refractivity contribution is 0.0697. The highest BCUT2D eigenvalue weighted by Gasteiger charge is 2.20. The van der Waals surface area contributed by atoms with Crippen molar-refractivity contribution in [1.29, 1.82) is 0 Å². The minimum Gasteiger partial charge on any atom is -0.493 e. The van der Waals surface area contributed by atoms with E-state index in [1.807, 2.05) is 42.6 Å². The highest BCUT2D eigenvalue weighted by Crippen LogP contribution is 2.37. The summed E-state index contributed by atoms with van der Waals surface area (Å²) in [5.74, 6) is 1.02. The first-order chi connectivity index (χ1) is 15.1. The third-order valence-corrected chi connectivity index (χ3v) is 5.63. The van der Waals surface area contributed by atoms with Crippen LogP contribution in [0.15, 0.2) is 67.0 Å². The molecule has 0 saturated heterocycles. The number of anilines is 2. The first-order valence-electron chi connectivity index (χ1n) is 10.4. The Hall–Kier alpha value is -3.54. The summed E-state index contributed by atoms with van der Waals surface area (Å²) in [6.45, 7) is 1.21. The van der Waals surface area contributed by atoms with E-state index in [1.165, 1.54) is 19.3 Å². The minimum atomic E-state index is -0.956. The largest absolute Gasteiger partial charge is 0.493 e. The Morgan fingerprint density at radius 1 is 1.10 bits per heavy atom. The van der Waals surface area contributed by atoms with E-state index < -0.39 is 5.97 Å². The number of methoxy groups -OCH3 is 1. The van der Waals surface area contributed by atoms with Gasteiger partial charge < -0.3 is 19.5 Å². The van der Waals surface area contributed by atoms with Crippen LogP contribution in [0.2, 0.25) is 0 Å². The number of nitrogens with zero attached hydrogens (tertiary/aromatic N) is 2. The number of hydrogen-bond donors (Lipinski definition) is 1. The molecule has 1 fully saturated rings. The normalized spacial score (nSPS) is 13.3. The van der Waals surface area contributed by atoms with Gasteiger partial charge in [0.05, 0.1) is 19.3 Å². The van der Waals surface area contributed by atoms with Crippen molar-refractivity contribution in [3.05, 3.63) is 78.1 Å². The zero-order chi connectivity index (χ0) is 21.6. The molecule has 1 aromatic heterocycles. The van der Waals surface area contributed by atoms with E-state index in [1.54, 1.807) is 31.5 Å². The van der Waals surface area contributed by atoms with Gasteiger partial charge in [0.1, 0.15) is 0 Å². The van der Waals surface area contributed by atoms with Crippen molar-refractivity contribution in [2.45, 2.75) is 25.8 Å². The fourth-order valence-electron chi connectivity index (χ4n) is 3.63. The summed E-state index contributed by atoms with van der Waals surface area (Å²) in [5.41, 5.74) is 2.91. The molecule has 1 aliphatic carbocycles. The molecule has 31 heavy (non-hydrogen) atoms. The molecule has 0 aliphatic heterocycles. The van der Waals surface area contributed by atoms with E-state index in [0.29, 0.717) is 30.6 Å². The molecule has 1 saturated carbocycles. The van der Waals surface area contributed by atoms with E-state index in [-0.39, 0.29) is 5.56 Å². The van der Waals surface area contributed by atoms with E-state index in [9.17, 15) is 9.90 Å². The highest BCUT2D eigenvalue weighted by molar-refractivity contribution is 5.89. The van der Waals surface area contributed by atoms with Gasteiger partial charge >= 0.3 is 5.97 Å². The maximum absolute atomic E-state index is 11.5. The van der Waals surface area contributed by atoms with Crippen molar-refractivity contribution in [2.75, 3.05) is 18.6 Å². The van der Waals surface area contributed by atoms with Gasteiger partial charge in [-0.2, -0.15) is 0 Å². The summed E-state index contributed by atoms with van der Waals surface area (Å²) < 4.78 is 11.6. The third kappa shape index (κ3) is 4.97. The Morgan fingerprint density at radius 2 is 1.94 bits per heavy atom. The van der Waals surface area contributed by atoms with Gasteiger partial charge in [-0.25, -0.2) is 4.79 Å². The van der Waals surface area contributed by atoms with Crippen molar-refractivity contribution >= 4 is 17.3 Å². The zero-order valence-corrected chi connectivity index (χ0v) is 17.5. The Morgan fingerprint density at radius 3 is 2.61 bits per heavy atom. The molecule has 0 radical (unpaired) electrons. The first-order valence-corrected chi connectivity index (χ1v) is 10.4. The molecular weight excluding hydrogens is 392 g/mol. The van der Waals surface area contributed by atoms with Gasteiger partial charge in [-0.3, -0.25) is 4.98 Å². The number of aromatic carboxylic acids is 1. The fraction of sp³-hybridized carbons (Fsp3) is 0.280. The SMILES string of the molecule is COc1ccc(N(Cc2cccnc2)c2cccc(C(=O)O)c2)cc1OCC1CCC1.